The predicted molar refractivity (Wildman–Crippen MR) is 233 cm³/mol. The van der Waals surface area contributed by atoms with Crippen molar-refractivity contribution in [1.29, 1.82) is 0 Å². The Hall–Kier alpha value is -1.70. The summed E-state index contributed by atoms with van der Waals surface area (Å²) < 4.78 is 34.7. The summed E-state index contributed by atoms with van der Waals surface area (Å²) in [5, 5.41) is 0. The number of quaternary nitrogens is 1. The first kappa shape index (κ1) is 53.3. The number of likely N-dealkylation sites (N-methyl/N-ethyl adjacent to an activating group) is 1. The Labute approximate surface area is 339 Å². The largest absolute Gasteiger partial charge is 0.498 e. The fourth-order valence-corrected chi connectivity index (χ4v) is 6.69. The second-order valence-corrected chi connectivity index (χ2v) is 17.6. The second-order valence-electron chi connectivity index (χ2n) is 16.1. The summed E-state index contributed by atoms with van der Waals surface area (Å²) in [5.74, 6) is -0.386. The normalized spacial score (nSPS) is 14.1. The number of carbonyl (C=O) groups is 1. The van der Waals surface area contributed by atoms with Crippen molar-refractivity contribution in [3.8, 4) is 0 Å². The molecule has 0 aliphatic rings. The minimum absolute atomic E-state index is 0.0281. The number of phosphoric acid groups is 1. The maximum Gasteiger partial charge on any atom is 0.472 e. The molecule has 0 saturated carbocycles. The van der Waals surface area contributed by atoms with Gasteiger partial charge in [0.25, 0.3) is 0 Å². The number of allylic oxidation sites excluding steroid dienone is 7. The Morgan fingerprint density at radius 2 is 1.02 bits per heavy atom. The van der Waals surface area contributed by atoms with Gasteiger partial charge in [-0.1, -0.05) is 166 Å². The lowest BCUT2D eigenvalue weighted by Gasteiger charge is -2.24. The highest BCUT2D eigenvalue weighted by Gasteiger charge is 2.26. The van der Waals surface area contributed by atoms with Gasteiger partial charge in [0.05, 0.1) is 34.0 Å². The zero-order valence-corrected chi connectivity index (χ0v) is 37.3. The van der Waals surface area contributed by atoms with Crippen molar-refractivity contribution in [2.24, 2.45) is 0 Å². The van der Waals surface area contributed by atoms with Crippen LogP contribution in [0.25, 0.3) is 0 Å². The van der Waals surface area contributed by atoms with Gasteiger partial charge in [0.1, 0.15) is 19.8 Å². The third kappa shape index (κ3) is 43.3. The van der Waals surface area contributed by atoms with Gasteiger partial charge in [-0.05, 0) is 57.4 Å². The first-order chi connectivity index (χ1) is 26.6. The van der Waals surface area contributed by atoms with Gasteiger partial charge < -0.3 is 18.9 Å². The molecule has 0 heterocycles. The Morgan fingerprint density at radius 3 is 1.51 bits per heavy atom. The summed E-state index contributed by atoms with van der Waals surface area (Å²) in [7, 11) is 1.60. The number of rotatable bonds is 41. The van der Waals surface area contributed by atoms with Gasteiger partial charge in [0, 0.05) is 6.42 Å². The zero-order chi connectivity index (χ0) is 40.6. The Balaban J connectivity index is 4.37. The number of nitrogens with zero attached hydrogens (tertiary/aromatic N) is 1. The van der Waals surface area contributed by atoms with E-state index in [0.29, 0.717) is 17.4 Å². The van der Waals surface area contributed by atoms with E-state index in [1.165, 1.54) is 128 Å². The average Bonchev–Trinajstić information content (AvgIpc) is 3.13. The SMILES string of the molecule is CCCCCCCC/C=C/C/C=C/C/C=C/CCCC(=O)O[C@H](CO/C=C/CCCCCCCCCCCCCCCC)COP(=O)(O)OCC[N+](C)(C)C. The molecule has 1 N–H and O–H groups in total. The van der Waals surface area contributed by atoms with E-state index in [4.69, 9.17) is 18.5 Å². The number of hydrogen-bond acceptors (Lipinski definition) is 6. The molecule has 0 aromatic heterocycles. The molecule has 0 spiro atoms. The lowest BCUT2D eigenvalue weighted by molar-refractivity contribution is -0.870. The van der Waals surface area contributed by atoms with E-state index in [1.54, 1.807) is 6.26 Å². The van der Waals surface area contributed by atoms with Crippen molar-refractivity contribution < 1.29 is 37.3 Å². The van der Waals surface area contributed by atoms with E-state index in [1.807, 2.05) is 27.2 Å². The molecule has 0 saturated heterocycles. The van der Waals surface area contributed by atoms with Crippen LogP contribution in [0.1, 0.15) is 187 Å². The number of unbranched alkanes of at least 4 members (excludes halogenated alkanes) is 21. The van der Waals surface area contributed by atoms with Crippen molar-refractivity contribution in [3.63, 3.8) is 0 Å². The van der Waals surface area contributed by atoms with E-state index in [0.717, 1.165) is 32.1 Å². The molecule has 322 valence electrons. The predicted octanol–water partition coefficient (Wildman–Crippen LogP) is 13.5. The van der Waals surface area contributed by atoms with Gasteiger partial charge >= 0.3 is 13.8 Å². The molecule has 0 bridgehead atoms. The van der Waals surface area contributed by atoms with Crippen molar-refractivity contribution in [1.82, 2.24) is 0 Å². The summed E-state index contributed by atoms with van der Waals surface area (Å²) in [6, 6.07) is 0. The van der Waals surface area contributed by atoms with Gasteiger partial charge in [-0.3, -0.25) is 13.8 Å². The number of hydrogen-bond donors (Lipinski definition) is 1. The van der Waals surface area contributed by atoms with Crippen LogP contribution in [0.5, 0.6) is 0 Å². The van der Waals surface area contributed by atoms with Crippen molar-refractivity contribution >= 4 is 13.8 Å². The maximum absolute atomic E-state index is 12.7. The quantitative estimate of drug-likeness (QED) is 0.0164. The molecule has 0 aliphatic heterocycles. The van der Waals surface area contributed by atoms with Crippen LogP contribution < -0.4 is 0 Å². The van der Waals surface area contributed by atoms with Gasteiger partial charge in [-0.2, -0.15) is 0 Å². The smallest absolute Gasteiger partial charge is 0.472 e. The Bertz CT molecular complexity index is 1020. The highest BCUT2D eigenvalue weighted by molar-refractivity contribution is 7.47. The van der Waals surface area contributed by atoms with E-state index in [2.05, 4.69) is 50.3 Å². The topological polar surface area (TPSA) is 91.3 Å². The molecule has 8 nitrogen and oxygen atoms in total. The minimum atomic E-state index is -4.30. The van der Waals surface area contributed by atoms with Crippen LogP contribution in [0.2, 0.25) is 0 Å². The Morgan fingerprint density at radius 1 is 0.582 bits per heavy atom. The van der Waals surface area contributed by atoms with Crippen molar-refractivity contribution in [2.75, 3.05) is 47.5 Å². The number of carbonyl (C=O) groups excluding carboxylic acids is 1. The third-order valence-corrected chi connectivity index (χ3v) is 10.4. The molecule has 0 fully saturated rings. The van der Waals surface area contributed by atoms with Gasteiger partial charge in [-0.15, -0.1) is 0 Å². The van der Waals surface area contributed by atoms with Crippen LogP contribution in [-0.2, 0) is 27.9 Å². The summed E-state index contributed by atoms with van der Waals surface area (Å²) in [6.45, 7) is 4.87. The molecule has 0 rings (SSSR count). The summed E-state index contributed by atoms with van der Waals surface area (Å²) in [6.07, 6.45) is 48.2. The molecule has 0 aromatic carbocycles. The van der Waals surface area contributed by atoms with Crippen LogP contribution >= 0.6 is 7.82 Å². The molecule has 1 unspecified atom stereocenters. The number of phosphoric ester groups is 1. The van der Waals surface area contributed by atoms with Crippen molar-refractivity contribution in [3.05, 3.63) is 48.8 Å². The zero-order valence-electron chi connectivity index (χ0n) is 36.4. The molecular weight excluding hydrogens is 709 g/mol. The van der Waals surface area contributed by atoms with Crippen LogP contribution in [0, 0.1) is 0 Å². The third-order valence-electron chi connectivity index (χ3n) is 9.46. The van der Waals surface area contributed by atoms with Gasteiger partial charge in [0.2, 0.25) is 0 Å². The van der Waals surface area contributed by atoms with E-state index in [9.17, 15) is 14.3 Å². The molecule has 0 amide bonds. The lowest BCUT2D eigenvalue weighted by Crippen LogP contribution is -2.37. The van der Waals surface area contributed by atoms with Crippen LogP contribution in [0.15, 0.2) is 48.8 Å². The molecule has 0 aliphatic carbocycles. The Kier molecular flexibility index (Phi) is 37.9. The molecule has 9 heteroatoms. The fraction of sp³-hybridized carbons (Fsp3) is 0.804. The highest BCUT2D eigenvalue weighted by Crippen LogP contribution is 2.43. The van der Waals surface area contributed by atoms with Gasteiger partial charge in [-0.25, -0.2) is 4.57 Å². The summed E-state index contributed by atoms with van der Waals surface area (Å²) >= 11 is 0. The number of ether oxygens (including phenoxy) is 2. The maximum atomic E-state index is 12.7. The standard InChI is InChI=1S/C46H86NO7P/c1-6-8-10-12-14-16-18-20-22-24-25-27-29-31-33-35-37-39-46(48)54-45(44-53-55(49,50)52-42-40-47(3,4)5)43-51-41-38-36-34-32-30-28-26-23-21-19-17-15-13-11-9-7-2/h20,22,25,27,31,33,38,41,45H,6-19,21,23-24,26,28-30,32,34-37,39-40,42-44H2,1-5H3/p+1/b22-20+,27-25+,33-31+,41-38+/t45-/m1/s1. The second kappa shape index (κ2) is 39.1. The van der Waals surface area contributed by atoms with Crippen molar-refractivity contribution in [2.45, 2.75) is 193 Å². The molecule has 0 radical (unpaired) electrons. The van der Waals surface area contributed by atoms with E-state index in [-0.39, 0.29) is 32.2 Å². The first-order valence-corrected chi connectivity index (χ1v) is 23.9. The van der Waals surface area contributed by atoms with E-state index < -0.39 is 13.9 Å². The van der Waals surface area contributed by atoms with E-state index >= 15 is 0 Å². The first-order valence-electron chi connectivity index (χ1n) is 22.4. The molecule has 0 aromatic rings. The lowest BCUT2D eigenvalue weighted by atomic mass is 10.0. The van der Waals surface area contributed by atoms with Crippen LogP contribution in [-0.4, -0.2) is 69.0 Å². The molecule has 2 atom stereocenters. The fourth-order valence-electron chi connectivity index (χ4n) is 5.95. The van der Waals surface area contributed by atoms with Crippen LogP contribution in [0.3, 0.4) is 0 Å². The summed E-state index contributed by atoms with van der Waals surface area (Å²) in [5.41, 5.74) is 0. The summed E-state index contributed by atoms with van der Waals surface area (Å²) in [4.78, 5) is 22.8. The molecule has 55 heavy (non-hydrogen) atoms. The minimum Gasteiger partial charge on any atom is -0.498 e. The van der Waals surface area contributed by atoms with Crippen LogP contribution in [0.4, 0.5) is 0 Å². The van der Waals surface area contributed by atoms with Gasteiger partial charge in [0.15, 0.2) is 6.10 Å². The highest BCUT2D eigenvalue weighted by atomic mass is 31.2. The average molecular weight is 797 g/mol. The number of esters is 1. The monoisotopic (exact) mass is 797 g/mol. The molecular formula is C46H87NO7P+.